The maximum atomic E-state index is 14.7. The van der Waals surface area contributed by atoms with Gasteiger partial charge in [-0.3, -0.25) is 24.8 Å². The number of likely N-dealkylation sites (tertiary alicyclic amines) is 1. The SMILES string of the molecule is O=C(NC(=O)[C@@H]1CCCN1)c1ccc(-c2ccc(OCC3CCN(CC(F)(F)C(F)(F)F)CC3)cn2)cc1F. The van der Waals surface area contributed by atoms with E-state index < -0.39 is 42.3 Å². The minimum atomic E-state index is -5.57. The summed E-state index contributed by atoms with van der Waals surface area (Å²) in [5.74, 6) is -6.46. The van der Waals surface area contributed by atoms with Gasteiger partial charge in [0, 0.05) is 5.56 Å². The first-order valence-electron chi connectivity index (χ1n) is 12.6. The van der Waals surface area contributed by atoms with E-state index in [1.54, 1.807) is 12.1 Å². The molecule has 0 spiro atoms. The van der Waals surface area contributed by atoms with E-state index in [9.17, 15) is 35.9 Å². The molecule has 0 saturated carbocycles. The maximum absolute atomic E-state index is 14.7. The highest BCUT2D eigenvalue weighted by molar-refractivity contribution is 6.06. The Morgan fingerprint density at radius 3 is 2.41 bits per heavy atom. The van der Waals surface area contributed by atoms with Crippen LogP contribution in [0, 0.1) is 11.7 Å². The van der Waals surface area contributed by atoms with Gasteiger partial charge in [-0.1, -0.05) is 6.07 Å². The molecule has 3 heterocycles. The standard InChI is InChI=1S/C26H28F6N4O3/c27-20-12-17(3-5-19(20)23(37)35-24(38)22-2-1-9-33-22)21-6-4-18(13-34-21)39-14-16-7-10-36(11-8-16)15-25(28,29)26(30,31)32/h3-6,12-13,16,22,33H,1-2,7-11,14-15H2,(H,35,37,38)/t22-/m0/s1. The van der Waals surface area contributed by atoms with Crippen molar-refractivity contribution >= 4 is 11.8 Å². The molecule has 2 fully saturated rings. The third kappa shape index (κ3) is 7.27. The van der Waals surface area contributed by atoms with Crippen molar-refractivity contribution in [2.24, 2.45) is 5.92 Å². The van der Waals surface area contributed by atoms with Crippen LogP contribution in [0.4, 0.5) is 26.3 Å². The second kappa shape index (κ2) is 11.9. The van der Waals surface area contributed by atoms with Crippen LogP contribution in [0.2, 0.25) is 0 Å². The van der Waals surface area contributed by atoms with Crippen molar-refractivity contribution in [3.63, 3.8) is 0 Å². The van der Waals surface area contributed by atoms with Gasteiger partial charge in [0.05, 0.1) is 36.6 Å². The molecule has 2 aliphatic rings. The first-order valence-corrected chi connectivity index (χ1v) is 12.6. The van der Waals surface area contributed by atoms with Crippen LogP contribution in [0.3, 0.4) is 0 Å². The fraction of sp³-hybridized carbons (Fsp3) is 0.500. The van der Waals surface area contributed by atoms with Gasteiger partial charge < -0.3 is 10.1 Å². The molecule has 2 saturated heterocycles. The predicted molar refractivity (Wildman–Crippen MR) is 129 cm³/mol. The predicted octanol–water partition coefficient (Wildman–Crippen LogP) is 4.18. The summed E-state index contributed by atoms with van der Waals surface area (Å²) in [4.78, 5) is 29.8. The normalized spacial score (nSPS) is 19.2. The number of carbonyl (C=O) groups excluding carboxylic acids is 2. The molecule has 13 heteroatoms. The zero-order valence-corrected chi connectivity index (χ0v) is 20.9. The van der Waals surface area contributed by atoms with Crippen LogP contribution < -0.4 is 15.4 Å². The van der Waals surface area contributed by atoms with Crippen LogP contribution in [-0.4, -0.2) is 72.6 Å². The van der Waals surface area contributed by atoms with Gasteiger partial charge in [0.1, 0.15) is 11.6 Å². The molecule has 39 heavy (non-hydrogen) atoms. The van der Waals surface area contributed by atoms with Gasteiger partial charge in [-0.2, -0.15) is 22.0 Å². The van der Waals surface area contributed by atoms with Crippen molar-refractivity contribution in [1.82, 2.24) is 20.5 Å². The lowest BCUT2D eigenvalue weighted by Crippen LogP contribution is -2.49. The van der Waals surface area contributed by atoms with Crippen LogP contribution in [0.15, 0.2) is 36.5 Å². The van der Waals surface area contributed by atoms with Crippen molar-refractivity contribution in [2.75, 3.05) is 32.8 Å². The number of benzene rings is 1. The van der Waals surface area contributed by atoms with Gasteiger partial charge in [0.2, 0.25) is 5.91 Å². The number of pyridine rings is 1. The molecule has 2 N–H and O–H groups in total. The molecule has 4 rings (SSSR count). The van der Waals surface area contributed by atoms with Gasteiger partial charge in [0.25, 0.3) is 5.91 Å². The van der Waals surface area contributed by atoms with Crippen LogP contribution in [-0.2, 0) is 4.79 Å². The number of carbonyl (C=O) groups is 2. The van der Waals surface area contributed by atoms with Crippen LogP contribution in [0.5, 0.6) is 5.75 Å². The zero-order chi connectivity index (χ0) is 28.2. The quantitative estimate of drug-likeness (QED) is 0.374. The van der Waals surface area contributed by atoms with Gasteiger partial charge >= 0.3 is 12.1 Å². The molecule has 2 amide bonds. The van der Waals surface area contributed by atoms with Crippen LogP contribution >= 0.6 is 0 Å². The van der Waals surface area contributed by atoms with Crippen LogP contribution in [0.1, 0.15) is 36.0 Å². The topological polar surface area (TPSA) is 83.6 Å². The highest BCUT2D eigenvalue weighted by Gasteiger charge is 2.58. The third-order valence-electron chi connectivity index (χ3n) is 6.89. The smallest absolute Gasteiger partial charge is 0.454 e. The summed E-state index contributed by atoms with van der Waals surface area (Å²) in [7, 11) is 0. The summed E-state index contributed by atoms with van der Waals surface area (Å²) >= 11 is 0. The second-order valence-electron chi connectivity index (χ2n) is 9.77. The van der Waals surface area contributed by atoms with E-state index in [4.69, 9.17) is 4.74 Å². The number of hydrogen-bond acceptors (Lipinski definition) is 6. The summed E-state index contributed by atoms with van der Waals surface area (Å²) in [5, 5.41) is 5.18. The summed E-state index contributed by atoms with van der Waals surface area (Å²) in [5.41, 5.74) is 0.555. The summed E-state index contributed by atoms with van der Waals surface area (Å²) < 4.78 is 84.1. The van der Waals surface area contributed by atoms with Gasteiger partial charge in [-0.05, 0) is 75.5 Å². The molecule has 0 unspecified atom stereocenters. The van der Waals surface area contributed by atoms with E-state index in [2.05, 4.69) is 15.6 Å². The lowest BCUT2D eigenvalue weighted by molar-refractivity contribution is -0.287. The molecular formula is C26H28F6N4O3. The van der Waals surface area contributed by atoms with Crippen molar-refractivity contribution in [3.05, 3.63) is 47.9 Å². The Bertz CT molecular complexity index is 1160. The van der Waals surface area contributed by atoms with Gasteiger partial charge in [0.15, 0.2) is 0 Å². The number of amides is 2. The van der Waals surface area contributed by atoms with Crippen molar-refractivity contribution in [2.45, 2.75) is 43.8 Å². The zero-order valence-electron chi connectivity index (χ0n) is 20.9. The monoisotopic (exact) mass is 558 g/mol. The highest BCUT2D eigenvalue weighted by atomic mass is 19.4. The Morgan fingerprint density at radius 2 is 1.82 bits per heavy atom. The van der Waals surface area contributed by atoms with E-state index in [1.165, 1.54) is 18.3 Å². The molecule has 7 nitrogen and oxygen atoms in total. The van der Waals surface area contributed by atoms with E-state index >= 15 is 0 Å². The molecule has 2 aliphatic heterocycles. The van der Waals surface area contributed by atoms with Crippen molar-refractivity contribution < 1.29 is 40.7 Å². The number of hydrogen-bond donors (Lipinski definition) is 2. The molecule has 212 valence electrons. The number of nitrogens with zero attached hydrogens (tertiary/aromatic N) is 2. The highest BCUT2D eigenvalue weighted by Crippen LogP contribution is 2.36. The number of ether oxygens (including phenoxy) is 1. The molecular weight excluding hydrogens is 530 g/mol. The van der Waals surface area contributed by atoms with Crippen LogP contribution in [0.25, 0.3) is 11.3 Å². The van der Waals surface area contributed by atoms with Gasteiger partial charge in [-0.25, -0.2) is 4.39 Å². The molecule has 1 atom stereocenters. The van der Waals surface area contributed by atoms with E-state index in [1.807, 2.05) is 0 Å². The number of piperidine rings is 1. The number of rotatable bonds is 8. The first-order chi connectivity index (χ1) is 18.4. The minimum absolute atomic E-state index is 0.00967. The summed E-state index contributed by atoms with van der Waals surface area (Å²) in [6.07, 6.45) is -1.87. The largest absolute Gasteiger partial charge is 0.492 e. The average molecular weight is 559 g/mol. The number of aromatic nitrogens is 1. The van der Waals surface area contributed by atoms with E-state index in [-0.39, 0.29) is 31.2 Å². The Balaban J connectivity index is 1.26. The number of alkyl halides is 5. The maximum Gasteiger partial charge on any atom is 0.454 e. The van der Waals surface area contributed by atoms with E-state index in [0.29, 0.717) is 42.8 Å². The minimum Gasteiger partial charge on any atom is -0.492 e. The lowest BCUT2D eigenvalue weighted by Gasteiger charge is -2.34. The number of imide groups is 1. The third-order valence-corrected chi connectivity index (χ3v) is 6.89. The fourth-order valence-corrected chi connectivity index (χ4v) is 4.57. The molecule has 0 aliphatic carbocycles. The number of halogens is 6. The Morgan fingerprint density at radius 1 is 1.08 bits per heavy atom. The Hall–Kier alpha value is -3.19. The lowest BCUT2D eigenvalue weighted by atomic mass is 9.97. The molecule has 0 radical (unpaired) electrons. The molecule has 2 aromatic rings. The Kier molecular flexibility index (Phi) is 8.80. The second-order valence-corrected chi connectivity index (χ2v) is 9.77. The Labute approximate surface area is 220 Å². The summed E-state index contributed by atoms with van der Waals surface area (Å²) in [6, 6.07) is 6.68. The van der Waals surface area contributed by atoms with E-state index in [0.717, 1.165) is 17.4 Å². The average Bonchev–Trinajstić information content (AvgIpc) is 3.43. The fourth-order valence-electron chi connectivity index (χ4n) is 4.57. The van der Waals surface area contributed by atoms with Gasteiger partial charge in [-0.15, -0.1) is 0 Å². The van der Waals surface area contributed by atoms with Crippen molar-refractivity contribution in [1.29, 1.82) is 0 Å². The van der Waals surface area contributed by atoms with Crippen molar-refractivity contribution in [3.8, 4) is 17.0 Å². The molecule has 1 aromatic carbocycles. The molecule has 1 aromatic heterocycles. The first kappa shape index (κ1) is 28.8. The summed E-state index contributed by atoms with van der Waals surface area (Å²) in [6.45, 7) is -0.191. The number of nitrogens with one attached hydrogen (secondary N) is 2. The molecule has 0 bridgehead atoms.